The highest BCUT2D eigenvalue weighted by Gasteiger charge is 2.07. The molecule has 0 aliphatic carbocycles. The van der Waals surface area contributed by atoms with Crippen molar-refractivity contribution in [2.45, 2.75) is 10.8 Å². The normalized spacial score (nSPS) is 10.1. The van der Waals surface area contributed by atoms with Gasteiger partial charge in [0, 0.05) is 16.4 Å². The Hall–Kier alpha value is -1.38. The molecule has 0 fully saturated rings. The van der Waals surface area contributed by atoms with Crippen LogP contribution in [0.25, 0.3) is 0 Å². The third-order valence-electron chi connectivity index (χ3n) is 2.26. The standard InChI is InChI=1S/C13H8BrFN2S/c14-11-2-1-5-17-13(11)18-8-10-6-9(7-16)3-4-12(10)15/h1-6H,8H2. The number of aromatic nitrogens is 1. The lowest BCUT2D eigenvalue weighted by Crippen LogP contribution is -1.90. The molecule has 18 heavy (non-hydrogen) atoms. The largest absolute Gasteiger partial charge is 0.249 e. The van der Waals surface area contributed by atoms with Crippen molar-refractivity contribution < 1.29 is 4.39 Å². The highest BCUT2D eigenvalue weighted by atomic mass is 79.9. The summed E-state index contributed by atoms with van der Waals surface area (Å²) in [6.45, 7) is 0. The van der Waals surface area contributed by atoms with Crippen molar-refractivity contribution in [1.29, 1.82) is 5.26 Å². The van der Waals surface area contributed by atoms with Crippen molar-refractivity contribution in [2.24, 2.45) is 0 Å². The van der Waals surface area contributed by atoms with Gasteiger partial charge < -0.3 is 0 Å². The number of thioether (sulfide) groups is 1. The van der Waals surface area contributed by atoms with Crippen LogP contribution in [0, 0.1) is 17.1 Å². The zero-order valence-corrected chi connectivity index (χ0v) is 11.6. The highest BCUT2D eigenvalue weighted by Crippen LogP contribution is 2.28. The van der Waals surface area contributed by atoms with Crippen molar-refractivity contribution in [3.63, 3.8) is 0 Å². The van der Waals surface area contributed by atoms with Gasteiger partial charge in [0.2, 0.25) is 0 Å². The Balaban J connectivity index is 2.16. The summed E-state index contributed by atoms with van der Waals surface area (Å²) in [4.78, 5) is 4.19. The van der Waals surface area contributed by atoms with E-state index in [1.54, 1.807) is 12.3 Å². The average Bonchev–Trinajstić information content (AvgIpc) is 2.39. The summed E-state index contributed by atoms with van der Waals surface area (Å²) in [6, 6.07) is 10.1. The van der Waals surface area contributed by atoms with Crippen molar-refractivity contribution in [1.82, 2.24) is 4.98 Å². The molecule has 0 saturated heterocycles. The molecule has 0 radical (unpaired) electrons. The molecule has 0 N–H and O–H groups in total. The van der Waals surface area contributed by atoms with Crippen molar-refractivity contribution in [3.8, 4) is 6.07 Å². The smallest absolute Gasteiger partial charge is 0.127 e. The molecule has 2 rings (SSSR count). The Bertz CT molecular complexity index is 610. The molecule has 0 spiro atoms. The van der Waals surface area contributed by atoms with E-state index in [4.69, 9.17) is 5.26 Å². The summed E-state index contributed by atoms with van der Waals surface area (Å²) >= 11 is 4.81. The summed E-state index contributed by atoms with van der Waals surface area (Å²) in [5.74, 6) is 0.144. The van der Waals surface area contributed by atoms with Crippen LogP contribution in [-0.4, -0.2) is 4.98 Å². The second-order valence-corrected chi connectivity index (χ2v) is 5.32. The van der Waals surface area contributed by atoms with Gasteiger partial charge in [0.25, 0.3) is 0 Å². The van der Waals surface area contributed by atoms with Crippen molar-refractivity contribution in [2.75, 3.05) is 0 Å². The molecule has 2 nitrogen and oxygen atoms in total. The molecule has 0 aliphatic heterocycles. The summed E-state index contributed by atoms with van der Waals surface area (Å²) in [5.41, 5.74) is 0.976. The van der Waals surface area contributed by atoms with Gasteiger partial charge in [-0.25, -0.2) is 9.37 Å². The van der Waals surface area contributed by atoms with E-state index in [0.29, 0.717) is 16.9 Å². The van der Waals surface area contributed by atoms with Crippen LogP contribution in [0.15, 0.2) is 46.0 Å². The van der Waals surface area contributed by atoms with E-state index >= 15 is 0 Å². The fraction of sp³-hybridized carbons (Fsp3) is 0.0769. The summed E-state index contributed by atoms with van der Waals surface area (Å²) in [6.07, 6.45) is 1.69. The Morgan fingerprint density at radius 3 is 2.94 bits per heavy atom. The molecule has 1 aromatic heterocycles. The summed E-state index contributed by atoms with van der Waals surface area (Å²) < 4.78 is 14.4. The van der Waals surface area contributed by atoms with E-state index in [2.05, 4.69) is 20.9 Å². The Morgan fingerprint density at radius 2 is 2.22 bits per heavy atom. The second-order valence-electron chi connectivity index (χ2n) is 3.50. The van der Waals surface area contributed by atoms with Crippen LogP contribution < -0.4 is 0 Å². The van der Waals surface area contributed by atoms with Gasteiger partial charge in [-0.05, 0) is 51.8 Å². The second kappa shape index (κ2) is 5.98. The molecule has 1 heterocycles. The van der Waals surface area contributed by atoms with Crippen LogP contribution in [0.4, 0.5) is 4.39 Å². The maximum absolute atomic E-state index is 13.6. The number of nitriles is 1. The fourth-order valence-corrected chi connectivity index (χ4v) is 2.83. The first-order valence-corrected chi connectivity index (χ1v) is 6.90. The third kappa shape index (κ3) is 3.09. The van der Waals surface area contributed by atoms with E-state index in [1.165, 1.54) is 23.9 Å². The van der Waals surface area contributed by atoms with E-state index < -0.39 is 0 Å². The monoisotopic (exact) mass is 322 g/mol. The van der Waals surface area contributed by atoms with Crippen LogP contribution in [0.2, 0.25) is 0 Å². The molecule has 0 saturated carbocycles. The average molecular weight is 323 g/mol. The number of pyridine rings is 1. The van der Waals surface area contributed by atoms with E-state index in [-0.39, 0.29) is 5.82 Å². The SMILES string of the molecule is N#Cc1ccc(F)c(CSc2ncccc2Br)c1. The van der Waals surface area contributed by atoms with Gasteiger partial charge in [-0.1, -0.05) is 0 Å². The van der Waals surface area contributed by atoms with Gasteiger partial charge in [-0.3, -0.25) is 0 Å². The third-order valence-corrected chi connectivity index (χ3v) is 4.22. The number of halogens is 2. The number of hydrogen-bond acceptors (Lipinski definition) is 3. The first-order valence-electron chi connectivity index (χ1n) is 5.12. The molecule has 0 atom stereocenters. The number of rotatable bonds is 3. The molecular formula is C13H8BrFN2S. The van der Waals surface area contributed by atoms with Gasteiger partial charge in [-0.2, -0.15) is 5.26 Å². The minimum atomic E-state index is -0.298. The first kappa shape index (κ1) is 13.1. The van der Waals surface area contributed by atoms with Crippen LogP contribution in [-0.2, 0) is 5.75 Å². The van der Waals surface area contributed by atoms with Crippen LogP contribution >= 0.6 is 27.7 Å². The van der Waals surface area contributed by atoms with Crippen molar-refractivity contribution in [3.05, 3.63) is 57.9 Å². The van der Waals surface area contributed by atoms with E-state index in [1.807, 2.05) is 18.2 Å². The highest BCUT2D eigenvalue weighted by molar-refractivity contribution is 9.10. The zero-order valence-electron chi connectivity index (χ0n) is 9.23. The zero-order chi connectivity index (χ0) is 13.0. The lowest BCUT2D eigenvalue weighted by Gasteiger charge is -2.04. The Kier molecular flexibility index (Phi) is 4.34. The van der Waals surface area contributed by atoms with Gasteiger partial charge in [0.05, 0.1) is 11.6 Å². The predicted molar refractivity (Wildman–Crippen MR) is 72.6 cm³/mol. The minimum Gasteiger partial charge on any atom is -0.249 e. The molecule has 2 aromatic rings. The molecular weight excluding hydrogens is 315 g/mol. The van der Waals surface area contributed by atoms with Crippen LogP contribution in [0.3, 0.4) is 0 Å². The topological polar surface area (TPSA) is 36.7 Å². The Morgan fingerprint density at radius 1 is 1.39 bits per heavy atom. The quantitative estimate of drug-likeness (QED) is 0.796. The molecule has 0 bridgehead atoms. The lowest BCUT2D eigenvalue weighted by molar-refractivity contribution is 0.617. The molecule has 90 valence electrons. The Labute approximate surface area is 117 Å². The minimum absolute atomic E-state index is 0.298. The molecule has 1 aromatic carbocycles. The maximum atomic E-state index is 13.6. The van der Waals surface area contributed by atoms with E-state index in [9.17, 15) is 4.39 Å². The maximum Gasteiger partial charge on any atom is 0.127 e. The first-order chi connectivity index (χ1) is 8.70. The van der Waals surface area contributed by atoms with Crippen LogP contribution in [0.1, 0.15) is 11.1 Å². The van der Waals surface area contributed by atoms with Gasteiger partial charge in [-0.15, -0.1) is 11.8 Å². The van der Waals surface area contributed by atoms with Crippen molar-refractivity contribution >= 4 is 27.7 Å². The van der Waals surface area contributed by atoms with Gasteiger partial charge in [0.1, 0.15) is 10.8 Å². The fourth-order valence-electron chi connectivity index (χ4n) is 1.38. The molecule has 5 heteroatoms. The van der Waals surface area contributed by atoms with Crippen LogP contribution in [0.5, 0.6) is 0 Å². The lowest BCUT2D eigenvalue weighted by atomic mass is 10.1. The number of benzene rings is 1. The molecule has 0 unspecified atom stereocenters. The summed E-state index contributed by atoms with van der Waals surface area (Å²) in [7, 11) is 0. The molecule has 0 aliphatic rings. The number of hydrogen-bond donors (Lipinski definition) is 0. The van der Waals surface area contributed by atoms with Gasteiger partial charge >= 0.3 is 0 Å². The molecule has 0 amide bonds. The number of nitrogens with zero attached hydrogens (tertiary/aromatic N) is 2. The van der Waals surface area contributed by atoms with E-state index in [0.717, 1.165) is 9.50 Å². The summed E-state index contributed by atoms with van der Waals surface area (Å²) in [5, 5.41) is 9.59. The predicted octanol–water partition coefficient (Wildman–Crippen LogP) is 4.15. The van der Waals surface area contributed by atoms with Gasteiger partial charge in [0.15, 0.2) is 0 Å².